The van der Waals surface area contributed by atoms with E-state index in [4.69, 9.17) is 5.11 Å². The van der Waals surface area contributed by atoms with E-state index >= 15 is 0 Å². The minimum absolute atomic E-state index is 0.0421. The molecule has 1 amide bonds. The number of nitro groups is 2. The van der Waals surface area contributed by atoms with Crippen molar-refractivity contribution in [3.8, 4) is 5.69 Å². The number of hydrogen-bond donors (Lipinski definition) is 3. The SMILES string of the molecule is COC(=O)C1=CC=[C+]C1.COC(=O)CCCn1c(=O)c2cccn2c2ccncc21.COC(=O)c1cccn1-c1ccncc1[N+](=O)[O-].Cc1ccc(NC(=O)CCCn2c(=O)c3cccn3c3ccncc32)cc1.O=C(O)CCCn1c(=O)c2cccn2c2ccncc21.O=[N+]([O-])c1cnccc1F.O=c1[nH]c2cnccc2n2cccc12. The number of fused-ring (bicyclic) bond motifs is 12. The normalized spacial score (nSPS) is 11.1. The van der Waals surface area contributed by atoms with Crippen molar-refractivity contribution in [2.45, 2.75) is 71.5 Å². The molecule has 0 spiro atoms. The van der Waals surface area contributed by atoms with Crippen LogP contribution in [0.25, 0.3) is 71.9 Å². The van der Waals surface area contributed by atoms with Crippen molar-refractivity contribution in [1.29, 1.82) is 0 Å². The zero-order valence-corrected chi connectivity index (χ0v) is 64.1. The highest BCUT2D eigenvalue weighted by atomic mass is 19.1. The van der Waals surface area contributed by atoms with Crippen molar-refractivity contribution >= 4 is 113 Å². The Hall–Kier alpha value is -16.1. The minimum Gasteiger partial charge on any atom is -0.481 e. The first-order valence-corrected chi connectivity index (χ1v) is 36.4. The first-order valence-electron chi connectivity index (χ1n) is 36.4. The number of aliphatic carboxylic acids is 1. The lowest BCUT2D eigenvalue weighted by Crippen LogP contribution is -2.23. The van der Waals surface area contributed by atoms with Gasteiger partial charge < -0.3 is 65.5 Å². The number of amides is 1. The molecule has 0 saturated carbocycles. The number of carbonyl (C=O) groups is 5. The number of esters is 3. The maximum absolute atomic E-state index is 12.8. The number of benzene rings is 1. The average Bonchev–Trinajstić information content (AvgIpc) is 1.72. The van der Waals surface area contributed by atoms with Gasteiger partial charge in [-0.1, -0.05) is 17.7 Å². The van der Waals surface area contributed by atoms with Crippen molar-refractivity contribution in [3.63, 3.8) is 0 Å². The molecule has 0 bridgehead atoms. The Balaban J connectivity index is 0.000000139. The summed E-state index contributed by atoms with van der Waals surface area (Å²) in [5.74, 6) is -2.86. The average molecular weight is 1610 g/mol. The van der Waals surface area contributed by atoms with Crippen molar-refractivity contribution in [2.24, 2.45) is 0 Å². The molecule has 1 aromatic carbocycles. The lowest BCUT2D eigenvalue weighted by molar-refractivity contribution is -0.387. The van der Waals surface area contributed by atoms with Crippen molar-refractivity contribution in [3.05, 3.63) is 329 Å². The van der Waals surface area contributed by atoms with Crippen LogP contribution in [0.5, 0.6) is 0 Å². The first kappa shape index (κ1) is 83.8. The molecule has 16 aromatic rings. The van der Waals surface area contributed by atoms with Crippen molar-refractivity contribution < 1.29 is 57.5 Å². The first-order chi connectivity index (χ1) is 57.6. The second-order valence-electron chi connectivity index (χ2n) is 25.8. The third-order valence-corrected chi connectivity index (χ3v) is 18.3. The second kappa shape index (κ2) is 39.6. The summed E-state index contributed by atoms with van der Waals surface area (Å²) in [6, 6.07) is 35.2. The predicted molar refractivity (Wildman–Crippen MR) is 436 cm³/mol. The number of anilines is 1. The molecule has 1 aliphatic carbocycles. The molecule has 0 aliphatic heterocycles. The molecule has 15 heterocycles. The number of rotatable bonds is 18. The zero-order chi connectivity index (χ0) is 84.7. The van der Waals surface area contributed by atoms with Gasteiger partial charge in [-0.2, -0.15) is 4.39 Å². The highest BCUT2D eigenvalue weighted by Gasteiger charge is 2.22. The third kappa shape index (κ3) is 20.1. The van der Waals surface area contributed by atoms with E-state index in [1.807, 2.05) is 128 Å². The largest absolute Gasteiger partial charge is 0.481 e. The summed E-state index contributed by atoms with van der Waals surface area (Å²) in [6.45, 7) is 3.29. The van der Waals surface area contributed by atoms with Gasteiger partial charge in [0.1, 0.15) is 52.3 Å². The van der Waals surface area contributed by atoms with Gasteiger partial charge >= 0.3 is 35.3 Å². The van der Waals surface area contributed by atoms with Gasteiger partial charge in [0.15, 0.2) is 11.6 Å². The Kier molecular flexibility index (Phi) is 27.9. The maximum Gasteiger partial charge on any atom is 0.357 e. The molecule has 1 aliphatic rings. The van der Waals surface area contributed by atoms with Crippen LogP contribution >= 0.6 is 0 Å². The number of H-pyrrole nitrogens is 1. The summed E-state index contributed by atoms with van der Waals surface area (Å²) in [5, 5.41) is 32.4. The number of nitrogens with one attached hydrogen (secondary N) is 2. The van der Waals surface area contributed by atoms with Crippen LogP contribution in [-0.2, 0) is 53.0 Å². The predicted octanol–water partition coefficient (Wildman–Crippen LogP) is 11.2. The number of aromatic nitrogens is 15. The molecule has 3 N–H and O–H groups in total. The number of allylic oxidation sites excluding steroid dienone is 3. The Labute approximate surface area is 671 Å². The van der Waals surface area contributed by atoms with E-state index in [1.54, 1.807) is 106 Å². The highest BCUT2D eigenvalue weighted by Crippen LogP contribution is 2.25. The molecule has 36 heteroatoms. The number of methoxy groups -OCH3 is 3. The third-order valence-electron chi connectivity index (χ3n) is 18.3. The smallest absolute Gasteiger partial charge is 0.357 e. The molecule has 0 saturated heterocycles. The molecule has 17 rings (SSSR count). The maximum atomic E-state index is 12.8. The lowest BCUT2D eigenvalue weighted by Gasteiger charge is -2.12. The fourth-order valence-corrected chi connectivity index (χ4v) is 12.6. The summed E-state index contributed by atoms with van der Waals surface area (Å²) >= 11 is 0. The highest BCUT2D eigenvalue weighted by molar-refractivity contribution is 5.91. The summed E-state index contributed by atoms with van der Waals surface area (Å²) < 4.78 is 39.8. The fraction of sp³-hybridized carbons (Fsp3) is 0.169. The van der Waals surface area contributed by atoms with Gasteiger partial charge in [-0.05, 0) is 135 Å². The summed E-state index contributed by atoms with van der Waals surface area (Å²) in [6.07, 6.45) is 36.1. The van der Waals surface area contributed by atoms with Gasteiger partial charge in [0, 0.05) is 113 Å². The zero-order valence-electron chi connectivity index (χ0n) is 64.1. The van der Waals surface area contributed by atoms with Crippen LogP contribution in [0.4, 0.5) is 21.5 Å². The minimum atomic E-state index is -0.861. The molecule has 0 radical (unpaired) electrons. The van der Waals surface area contributed by atoms with E-state index in [9.17, 15) is 67.8 Å². The number of pyridine rings is 6. The van der Waals surface area contributed by atoms with Crippen LogP contribution in [0.15, 0.2) is 264 Å². The van der Waals surface area contributed by atoms with Gasteiger partial charge in [0.25, 0.3) is 22.2 Å². The van der Waals surface area contributed by atoms with Gasteiger partial charge in [0.2, 0.25) is 11.7 Å². The van der Waals surface area contributed by atoms with E-state index in [0.717, 1.165) is 74.5 Å². The topological polar surface area (TPSA) is 430 Å². The Morgan fingerprint density at radius 3 is 1.42 bits per heavy atom. The molecular weight excluding hydrogens is 1540 g/mol. The lowest BCUT2D eigenvalue weighted by atomic mass is 10.2. The van der Waals surface area contributed by atoms with Crippen molar-refractivity contribution in [1.82, 2.24) is 70.8 Å². The molecule has 35 nitrogen and oxygen atoms in total. The molecule has 0 unspecified atom stereocenters. The number of halogens is 1. The van der Waals surface area contributed by atoms with Crippen LogP contribution in [0, 0.1) is 39.0 Å². The number of ether oxygens (including phenoxy) is 3. The number of hydrogen-bond acceptors (Lipinski definition) is 22. The summed E-state index contributed by atoms with van der Waals surface area (Å²) in [7, 11) is 3.99. The number of aryl methyl sites for hydroxylation is 4. The second-order valence-corrected chi connectivity index (χ2v) is 25.8. The molecule has 0 atom stereocenters. The van der Waals surface area contributed by atoms with E-state index in [1.165, 1.54) is 44.2 Å². The van der Waals surface area contributed by atoms with E-state index < -0.39 is 33.3 Å². The van der Waals surface area contributed by atoms with Crippen LogP contribution in [-0.4, -0.2) is 137 Å². The van der Waals surface area contributed by atoms with Gasteiger partial charge in [0.05, 0.1) is 112 Å². The fourth-order valence-electron chi connectivity index (χ4n) is 12.6. The van der Waals surface area contributed by atoms with E-state index in [-0.39, 0.29) is 70.0 Å². The molecule has 119 heavy (non-hydrogen) atoms. The van der Waals surface area contributed by atoms with Crippen LogP contribution < -0.4 is 27.6 Å². The van der Waals surface area contributed by atoms with E-state index in [2.05, 4.69) is 60.5 Å². The van der Waals surface area contributed by atoms with Gasteiger partial charge in [-0.3, -0.25) is 83.7 Å². The quantitative estimate of drug-likeness (QED) is 0.0236. The standard InChI is InChI=1S/C21H20N4O2.C15H15N3O3.C14H13N3O3.C11H9N3O4.C10H7N3O.C7H7O2.C5H3FN2O2/c1-15-6-8-16(9-7-15)23-20(26)5-3-13-25-19-14-22-11-10-17(19)24-12-2-4-18(24)21(25)27;1-21-14(19)5-3-9-18-13-10-16-7-6-11(13)17-8-2-4-12(17)15(18)20;18-13(19)4-2-8-17-12-9-15-6-5-10(12)16-7-1-3-11(16)14(17)20;1-18-11(15)9-3-2-6-13(9)8-4-5-12-7-10(8)14(16)17;14-10-9-2-1-5-13(9)8-3-4-11-6-7(8)12-10;1-9-7(8)6-4-2-3-5-6;6-4-1-2-7-3-5(4)8(9)10/h2,4,6-12,14H,3,5,13H2,1H3,(H,23,26);2,4,6-8,10H,3,5,9H2,1H3;1,3,5-7,9H,2,4,8H2,(H,18,19);2-7H,1H3;1-6H,(H,12,14);2,4H,5H2,1H3;1-3H/q;;;;;+1;. The Morgan fingerprint density at radius 1 is 0.504 bits per heavy atom. The molecule has 0 fully saturated rings. The number of aromatic amines is 1. The summed E-state index contributed by atoms with van der Waals surface area (Å²) in [5.41, 5.74) is 11.1. The van der Waals surface area contributed by atoms with Gasteiger partial charge in [-0.15, -0.1) is 0 Å². The number of carboxylic acid groups (broad SMARTS) is 1. The Morgan fingerprint density at radius 2 is 0.950 bits per heavy atom. The van der Waals surface area contributed by atoms with Gasteiger partial charge in [-0.25, -0.2) is 9.59 Å². The molecular formula is C83H74FN18O17+. The summed E-state index contributed by atoms with van der Waals surface area (Å²) in [4.78, 5) is 151. The van der Waals surface area contributed by atoms with Crippen LogP contribution in [0.2, 0.25) is 0 Å². The van der Waals surface area contributed by atoms with Crippen molar-refractivity contribution in [2.75, 3.05) is 26.6 Å². The van der Waals surface area contributed by atoms with E-state index in [0.29, 0.717) is 84.9 Å². The Bertz CT molecular complexity index is 6750. The monoisotopic (exact) mass is 1610 g/mol. The molecule has 604 valence electrons. The number of carboxylic acids is 1. The molecule has 15 aromatic heterocycles. The number of nitrogens with zero attached hydrogens (tertiary/aromatic N) is 16. The number of carbonyl (C=O) groups excluding carboxylic acids is 4. The van der Waals surface area contributed by atoms with Crippen LogP contribution in [0.3, 0.4) is 0 Å². The van der Waals surface area contributed by atoms with Crippen LogP contribution in [0.1, 0.15) is 61.0 Å².